The molecule has 0 fully saturated rings. The number of benzene rings is 4. The Bertz CT molecular complexity index is 1230. The van der Waals surface area contributed by atoms with E-state index >= 15 is 0 Å². The van der Waals surface area contributed by atoms with Crippen LogP contribution in [-0.2, 0) is 0 Å². The summed E-state index contributed by atoms with van der Waals surface area (Å²) in [6, 6.07) is 42.3. The van der Waals surface area contributed by atoms with E-state index in [2.05, 4.69) is 108 Å². The number of aromatic nitrogens is 1. The van der Waals surface area contributed by atoms with E-state index in [9.17, 15) is 0 Å². The van der Waals surface area contributed by atoms with Crippen LogP contribution in [0.25, 0.3) is 10.9 Å². The van der Waals surface area contributed by atoms with Crippen molar-refractivity contribution in [3.8, 4) is 0 Å². The van der Waals surface area contributed by atoms with Gasteiger partial charge in [0.1, 0.15) is 0 Å². The molecular weight excluding hydrogens is 383 g/mol. The Hall–Kier alpha value is -3.48. The Labute approximate surface area is 176 Å². The lowest BCUT2D eigenvalue weighted by Crippen LogP contribution is -2.25. The van der Waals surface area contributed by atoms with E-state index in [4.69, 9.17) is 4.74 Å². The molecule has 1 aromatic heterocycles. The molecule has 2 nitrogen and oxygen atoms in total. The zero-order chi connectivity index (χ0) is 20.2. The summed E-state index contributed by atoms with van der Waals surface area (Å²) in [6.45, 7) is 0. The zero-order valence-corrected chi connectivity index (χ0v) is 17.4. The van der Waals surface area contributed by atoms with Crippen molar-refractivity contribution in [1.82, 2.24) is 4.98 Å². The number of nitrogens with zero attached hydrogens (tertiary/aromatic N) is 2. The Morgan fingerprint density at radius 1 is 0.533 bits per heavy atom. The Kier molecular flexibility index (Phi) is 5.01. The van der Waals surface area contributed by atoms with Crippen molar-refractivity contribution in [3.63, 3.8) is 0 Å². The largest absolute Gasteiger partial charge is 0.254 e. The van der Waals surface area contributed by atoms with E-state index < -0.39 is 7.05 Å². The molecule has 0 atom stereocenters. The van der Waals surface area contributed by atoms with Crippen molar-refractivity contribution in [2.45, 2.75) is 0 Å². The molecule has 0 aliphatic carbocycles. The van der Waals surface area contributed by atoms with Gasteiger partial charge in [-0.2, -0.15) is 0 Å². The van der Waals surface area contributed by atoms with Crippen LogP contribution in [0, 0.1) is 0 Å². The average Bonchev–Trinajstić information content (AvgIpc) is 2.84. The van der Waals surface area contributed by atoms with Crippen LogP contribution in [0.2, 0.25) is 0 Å². The fourth-order valence-electron chi connectivity index (χ4n) is 3.84. The van der Waals surface area contributed by atoms with Gasteiger partial charge in [-0.25, -0.2) is 0 Å². The van der Waals surface area contributed by atoms with Gasteiger partial charge in [-0.1, -0.05) is 109 Å². The van der Waals surface area contributed by atoms with Crippen LogP contribution in [-0.4, -0.2) is 4.98 Å². The topological polar surface area (TPSA) is 25.2 Å². The van der Waals surface area contributed by atoms with Gasteiger partial charge in [0, 0.05) is 21.3 Å². The SMILES string of the molecule is c1ccc(P(=Nc2cnc3ccccc3c2)(c2ccccc2)c2ccccc2)cc1. The molecule has 0 aliphatic heterocycles. The van der Waals surface area contributed by atoms with E-state index in [-0.39, 0.29) is 0 Å². The normalized spacial score (nSPS) is 11.3. The molecule has 0 N–H and O–H groups in total. The van der Waals surface area contributed by atoms with Gasteiger partial charge in [0.25, 0.3) is 0 Å². The molecule has 5 aromatic rings. The summed E-state index contributed by atoms with van der Waals surface area (Å²) in [5.74, 6) is 0. The fraction of sp³-hybridized carbons (Fsp3) is 0. The van der Waals surface area contributed by atoms with E-state index in [1.54, 1.807) is 0 Å². The van der Waals surface area contributed by atoms with Gasteiger partial charge >= 0.3 is 0 Å². The van der Waals surface area contributed by atoms with Crippen molar-refractivity contribution in [2.75, 3.05) is 0 Å². The summed E-state index contributed by atoms with van der Waals surface area (Å²) < 4.78 is 5.50. The lowest BCUT2D eigenvalue weighted by Gasteiger charge is -2.27. The highest BCUT2D eigenvalue weighted by molar-refractivity contribution is 7.87. The predicted octanol–water partition coefficient (Wildman–Crippen LogP) is 6.04. The summed E-state index contributed by atoms with van der Waals surface area (Å²) in [4.78, 5) is 4.67. The summed E-state index contributed by atoms with van der Waals surface area (Å²) in [6.07, 6.45) is 1.89. The lowest BCUT2D eigenvalue weighted by atomic mass is 10.2. The van der Waals surface area contributed by atoms with E-state index in [0.29, 0.717) is 0 Å². The van der Waals surface area contributed by atoms with E-state index in [1.807, 2.05) is 24.4 Å². The second-order valence-corrected chi connectivity index (χ2v) is 10.1. The molecule has 0 saturated carbocycles. The van der Waals surface area contributed by atoms with Gasteiger partial charge in [0.05, 0.1) is 24.5 Å². The molecular formula is C27H21N2P. The lowest BCUT2D eigenvalue weighted by molar-refractivity contribution is 1.38. The zero-order valence-electron chi connectivity index (χ0n) is 16.5. The molecule has 0 bridgehead atoms. The molecule has 0 radical (unpaired) electrons. The monoisotopic (exact) mass is 404 g/mol. The standard InChI is InChI=1S/C27H21N2P/c1-4-13-24(14-5-1)30(25-15-6-2-7-16-25,26-17-8-3-9-18-26)29-23-20-22-12-10-11-19-27(22)28-21-23/h1-21H. The van der Waals surface area contributed by atoms with E-state index in [1.165, 1.54) is 15.9 Å². The minimum absolute atomic E-state index is 0.901. The second kappa shape index (κ2) is 8.10. The first-order chi connectivity index (χ1) is 14.9. The van der Waals surface area contributed by atoms with Crippen LogP contribution in [0.3, 0.4) is 0 Å². The first-order valence-corrected chi connectivity index (χ1v) is 11.7. The number of pyridine rings is 1. The van der Waals surface area contributed by atoms with Gasteiger partial charge in [-0.3, -0.25) is 9.73 Å². The molecule has 0 amide bonds. The predicted molar refractivity (Wildman–Crippen MR) is 129 cm³/mol. The number of hydrogen-bond acceptors (Lipinski definition) is 2. The van der Waals surface area contributed by atoms with Gasteiger partial charge < -0.3 is 0 Å². The van der Waals surface area contributed by atoms with Crippen molar-refractivity contribution < 1.29 is 0 Å². The van der Waals surface area contributed by atoms with Crippen LogP contribution < -0.4 is 15.9 Å². The molecule has 3 heteroatoms. The molecule has 0 spiro atoms. The van der Waals surface area contributed by atoms with Crippen LogP contribution in [0.5, 0.6) is 0 Å². The summed E-state index contributed by atoms with van der Waals surface area (Å²) in [7, 11) is -2.27. The summed E-state index contributed by atoms with van der Waals surface area (Å²) in [5.41, 5.74) is 1.89. The van der Waals surface area contributed by atoms with Crippen LogP contribution in [0.4, 0.5) is 5.69 Å². The Morgan fingerprint density at radius 2 is 1.00 bits per heavy atom. The highest BCUT2D eigenvalue weighted by Crippen LogP contribution is 2.49. The third-order valence-corrected chi connectivity index (χ3v) is 8.90. The summed E-state index contributed by atoms with van der Waals surface area (Å²) in [5, 5.41) is 4.80. The first-order valence-electron chi connectivity index (χ1n) is 10.0. The van der Waals surface area contributed by atoms with Crippen LogP contribution in [0.1, 0.15) is 0 Å². The number of hydrogen-bond donors (Lipinski definition) is 0. The van der Waals surface area contributed by atoms with Crippen molar-refractivity contribution in [2.24, 2.45) is 4.74 Å². The number of para-hydroxylation sites is 1. The highest BCUT2D eigenvalue weighted by atomic mass is 31.2. The number of fused-ring (bicyclic) bond motifs is 1. The first kappa shape index (κ1) is 18.5. The maximum atomic E-state index is 5.50. The van der Waals surface area contributed by atoms with Gasteiger partial charge in [-0.05, 0) is 12.1 Å². The maximum Gasteiger partial charge on any atom is 0.0814 e. The minimum atomic E-state index is -2.27. The third-order valence-electron chi connectivity index (χ3n) is 5.23. The smallest absolute Gasteiger partial charge is 0.0814 e. The molecule has 0 saturated heterocycles. The molecule has 5 rings (SSSR count). The quantitative estimate of drug-likeness (QED) is 0.335. The van der Waals surface area contributed by atoms with Crippen molar-refractivity contribution >= 4 is 39.6 Å². The molecule has 0 unspecified atom stereocenters. The molecule has 4 aromatic carbocycles. The minimum Gasteiger partial charge on any atom is -0.254 e. The summed E-state index contributed by atoms with van der Waals surface area (Å²) >= 11 is 0. The van der Waals surface area contributed by atoms with Crippen LogP contribution in [0.15, 0.2) is 132 Å². The maximum absolute atomic E-state index is 5.50. The number of rotatable bonds is 4. The van der Waals surface area contributed by atoms with E-state index in [0.717, 1.165) is 16.6 Å². The molecule has 1 heterocycles. The Morgan fingerprint density at radius 3 is 1.53 bits per heavy atom. The van der Waals surface area contributed by atoms with Crippen molar-refractivity contribution in [1.29, 1.82) is 0 Å². The highest BCUT2D eigenvalue weighted by Gasteiger charge is 2.27. The fourth-order valence-corrected chi connectivity index (χ4v) is 7.35. The van der Waals surface area contributed by atoms with Gasteiger partial charge in [0.2, 0.25) is 0 Å². The Balaban J connectivity index is 1.88. The van der Waals surface area contributed by atoms with Gasteiger partial charge in [0.15, 0.2) is 0 Å². The average molecular weight is 404 g/mol. The second-order valence-electron chi connectivity index (χ2n) is 7.13. The molecule has 0 aliphatic rings. The third kappa shape index (κ3) is 3.36. The van der Waals surface area contributed by atoms with Crippen LogP contribution >= 0.6 is 7.05 Å². The molecule has 30 heavy (non-hydrogen) atoms. The molecule has 144 valence electrons. The van der Waals surface area contributed by atoms with Gasteiger partial charge in [-0.15, -0.1) is 0 Å². The van der Waals surface area contributed by atoms with Crippen molar-refractivity contribution in [3.05, 3.63) is 128 Å².